The summed E-state index contributed by atoms with van der Waals surface area (Å²) in [6, 6.07) is 7.25. The van der Waals surface area contributed by atoms with Crippen LogP contribution in [0.15, 0.2) is 27.4 Å². The Hall–Kier alpha value is -1.81. The molecule has 0 aliphatic carbocycles. The number of fused-ring (bicyclic) bond motifs is 5. The number of hydrogen-bond acceptors (Lipinski definition) is 4. The van der Waals surface area contributed by atoms with Crippen LogP contribution in [0.3, 0.4) is 0 Å². The number of nitrogens with zero attached hydrogens (tertiary/aromatic N) is 2. The van der Waals surface area contributed by atoms with E-state index in [0.717, 1.165) is 65.2 Å². The van der Waals surface area contributed by atoms with Gasteiger partial charge in [-0.2, -0.15) is 0 Å². The van der Waals surface area contributed by atoms with Crippen molar-refractivity contribution in [1.29, 1.82) is 0 Å². The summed E-state index contributed by atoms with van der Waals surface area (Å²) in [6.07, 6.45) is 7.29. The van der Waals surface area contributed by atoms with Crippen LogP contribution < -0.4 is 10.3 Å². The van der Waals surface area contributed by atoms with Crippen LogP contribution >= 0.6 is 0 Å². The maximum atomic E-state index is 13.2. The molecule has 0 amide bonds. The van der Waals surface area contributed by atoms with Gasteiger partial charge in [0.1, 0.15) is 5.58 Å². The van der Waals surface area contributed by atoms with Gasteiger partial charge in [0.15, 0.2) is 5.43 Å². The van der Waals surface area contributed by atoms with E-state index < -0.39 is 0 Å². The highest BCUT2D eigenvalue weighted by Crippen LogP contribution is 2.47. The highest BCUT2D eigenvalue weighted by atomic mass is 16.4. The first-order valence-electron chi connectivity index (χ1n) is 10.8. The lowest BCUT2D eigenvalue weighted by Crippen LogP contribution is -2.65. The SMILES string of the molecule is Cc1cccc2c(=O)c3c(oc12)N1C[C@@H]2CCCN4CCC[C@@H]([C@H]24)[C@H]1CC3. The molecule has 2 aromatic rings. The molecule has 4 atom stereocenters. The van der Waals surface area contributed by atoms with Gasteiger partial charge in [0.25, 0.3) is 0 Å². The van der Waals surface area contributed by atoms with Crippen LogP contribution in [-0.2, 0) is 6.42 Å². The third kappa shape index (κ3) is 2.22. The van der Waals surface area contributed by atoms with Crippen molar-refractivity contribution in [3.8, 4) is 0 Å². The Kier molecular flexibility index (Phi) is 3.50. The zero-order valence-corrected chi connectivity index (χ0v) is 16.1. The van der Waals surface area contributed by atoms with Gasteiger partial charge in [-0.15, -0.1) is 0 Å². The predicted molar refractivity (Wildman–Crippen MR) is 107 cm³/mol. The van der Waals surface area contributed by atoms with E-state index in [9.17, 15) is 4.79 Å². The number of aryl methyl sites for hydroxylation is 1. The number of benzene rings is 1. The summed E-state index contributed by atoms with van der Waals surface area (Å²) >= 11 is 0. The molecule has 0 bridgehead atoms. The lowest BCUT2D eigenvalue weighted by molar-refractivity contribution is -0.0152. The van der Waals surface area contributed by atoms with Crippen molar-refractivity contribution < 1.29 is 4.42 Å². The second-order valence-electron chi connectivity index (χ2n) is 9.16. The summed E-state index contributed by atoms with van der Waals surface area (Å²) in [6.45, 7) is 5.69. The fourth-order valence-electron chi connectivity index (χ4n) is 6.73. The molecule has 4 aliphatic heterocycles. The van der Waals surface area contributed by atoms with Gasteiger partial charge < -0.3 is 9.32 Å². The Labute approximate surface area is 160 Å². The van der Waals surface area contributed by atoms with Crippen molar-refractivity contribution in [2.24, 2.45) is 11.8 Å². The zero-order valence-electron chi connectivity index (χ0n) is 16.1. The topological polar surface area (TPSA) is 36.7 Å². The molecule has 4 heteroatoms. The molecule has 142 valence electrons. The molecule has 5 heterocycles. The summed E-state index contributed by atoms with van der Waals surface area (Å²) in [5, 5.41) is 0.753. The van der Waals surface area contributed by atoms with Crippen LogP contribution in [0.5, 0.6) is 0 Å². The minimum atomic E-state index is 0.199. The number of hydrogen-bond donors (Lipinski definition) is 0. The van der Waals surface area contributed by atoms with Gasteiger partial charge in [-0.1, -0.05) is 12.1 Å². The van der Waals surface area contributed by atoms with E-state index in [1.807, 2.05) is 25.1 Å². The van der Waals surface area contributed by atoms with Crippen molar-refractivity contribution >= 4 is 16.9 Å². The molecule has 4 aliphatic rings. The molecule has 0 radical (unpaired) electrons. The summed E-state index contributed by atoms with van der Waals surface area (Å²) < 4.78 is 6.50. The smallest absolute Gasteiger partial charge is 0.203 e. The van der Waals surface area contributed by atoms with E-state index >= 15 is 0 Å². The Morgan fingerprint density at radius 2 is 1.96 bits per heavy atom. The minimum absolute atomic E-state index is 0.199. The fraction of sp³-hybridized carbons (Fsp3) is 0.609. The molecular weight excluding hydrogens is 336 g/mol. The largest absolute Gasteiger partial charge is 0.440 e. The van der Waals surface area contributed by atoms with Gasteiger partial charge in [0.2, 0.25) is 5.88 Å². The fourth-order valence-corrected chi connectivity index (χ4v) is 6.73. The van der Waals surface area contributed by atoms with Crippen LogP contribution in [0.25, 0.3) is 11.0 Å². The van der Waals surface area contributed by atoms with E-state index in [1.165, 1.54) is 38.8 Å². The molecule has 3 saturated heterocycles. The van der Waals surface area contributed by atoms with Crippen molar-refractivity contribution in [2.45, 2.75) is 57.5 Å². The Morgan fingerprint density at radius 3 is 2.85 bits per heavy atom. The zero-order chi connectivity index (χ0) is 18.1. The van der Waals surface area contributed by atoms with Crippen LogP contribution in [0.1, 0.15) is 43.2 Å². The van der Waals surface area contributed by atoms with Crippen LogP contribution in [0, 0.1) is 18.8 Å². The van der Waals surface area contributed by atoms with E-state index in [1.54, 1.807) is 0 Å². The van der Waals surface area contributed by atoms with Crippen molar-refractivity contribution in [2.75, 3.05) is 24.5 Å². The summed E-state index contributed by atoms with van der Waals surface area (Å²) in [5.74, 6) is 2.37. The van der Waals surface area contributed by atoms with E-state index in [4.69, 9.17) is 4.42 Å². The predicted octanol–water partition coefficient (Wildman–Crippen LogP) is 3.73. The van der Waals surface area contributed by atoms with Crippen LogP contribution in [0.2, 0.25) is 0 Å². The number of para-hydroxylation sites is 1. The Morgan fingerprint density at radius 1 is 1.11 bits per heavy atom. The monoisotopic (exact) mass is 364 g/mol. The van der Waals surface area contributed by atoms with Gasteiger partial charge in [-0.3, -0.25) is 9.69 Å². The lowest BCUT2D eigenvalue weighted by atomic mass is 9.68. The highest BCUT2D eigenvalue weighted by Gasteiger charge is 2.50. The third-order valence-corrected chi connectivity index (χ3v) is 7.81. The average molecular weight is 364 g/mol. The summed E-state index contributed by atoms with van der Waals surface area (Å²) in [7, 11) is 0. The standard InChI is InChI=1S/C23H28N2O2/c1-14-5-2-7-17-21(26)18-9-10-19-16-8-4-12-24-11-3-6-15(20(16)24)13-25(19)23(18)27-22(14)17/h2,5,7,15-16,19-20H,3-4,6,8-13H2,1H3/t15-,16+,19+,20-/m0/s1. The van der Waals surface area contributed by atoms with Crippen molar-refractivity contribution in [3.05, 3.63) is 39.5 Å². The second-order valence-corrected chi connectivity index (χ2v) is 9.16. The number of rotatable bonds is 0. The third-order valence-electron chi connectivity index (χ3n) is 7.81. The average Bonchev–Trinajstić information content (AvgIpc) is 2.69. The molecule has 0 unspecified atom stereocenters. The van der Waals surface area contributed by atoms with E-state index in [-0.39, 0.29) is 5.43 Å². The van der Waals surface area contributed by atoms with E-state index in [0.29, 0.717) is 6.04 Å². The number of anilines is 1. The normalized spacial score (nSPS) is 32.7. The molecule has 1 aromatic heterocycles. The molecule has 3 fully saturated rings. The molecule has 0 saturated carbocycles. The highest BCUT2D eigenvalue weighted by molar-refractivity contribution is 5.82. The van der Waals surface area contributed by atoms with Crippen molar-refractivity contribution in [1.82, 2.24) is 4.90 Å². The van der Waals surface area contributed by atoms with Crippen LogP contribution in [-0.4, -0.2) is 36.6 Å². The quantitative estimate of drug-likeness (QED) is 0.714. The molecule has 0 spiro atoms. The Bertz CT molecular complexity index is 963. The Balaban J connectivity index is 1.50. The second kappa shape index (κ2) is 5.84. The molecule has 1 aromatic carbocycles. The summed E-state index contributed by atoms with van der Waals surface area (Å²) in [5.41, 5.74) is 2.97. The first-order valence-corrected chi connectivity index (χ1v) is 10.8. The molecule has 4 nitrogen and oxygen atoms in total. The van der Waals surface area contributed by atoms with Gasteiger partial charge in [-0.05, 0) is 82.0 Å². The van der Waals surface area contributed by atoms with Gasteiger partial charge in [-0.25, -0.2) is 0 Å². The van der Waals surface area contributed by atoms with Gasteiger partial charge in [0.05, 0.1) is 10.9 Å². The first kappa shape index (κ1) is 16.2. The van der Waals surface area contributed by atoms with Crippen molar-refractivity contribution in [3.63, 3.8) is 0 Å². The maximum absolute atomic E-state index is 13.2. The minimum Gasteiger partial charge on any atom is -0.440 e. The maximum Gasteiger partial charge on any atom is 0.203 e. The van der Waals surface area contributed by atoms with Gasteiger partial charge in [0, 0.05) is 18.6 Å². The lowest BCUT2D eigenvalue weighted by Gasteiger charge is -2.58. The molecule has 0 N–H and O–H groups in total. The molecule has 6 rings (SSSR count). The van der Waals surface area contributed by atoms with Gasteiger partial charge >= 0.3 is 0 Å². The van der Waals surface area contributed by atoms with Crippen LogP contribution in [0.4, 0.5) is 5.88 Å². The summed E-state index contributed by atoms with van der Waals surface area (Å²) in [4.78, 5) is 18.5. The van der Waals surface area contributed by atoms with E-state index in [2.05, 4.69) is 9.80 Å². The number of piperidine rings is 3. The molecule has 27 heavy (non-hydrogen) atoms. The first-order chi connectivity index (χ1) is 13.2. The molecular formula is C23H28N2O2.